The Morgan fingerprint density at radius 2 is 1.90 bits per heavy atom. The molecule has 0 fully saturated rings. The van der Waals surface area contributed by atoms with E-state index in [1.807, 2.05) is 26.0 Å². The highest BCUT2D eigenvalue weighted by molar-refractivity contribution is 5.76. The van der Waals surface area contributed by atoms with Crippen LogP contribution in [0, 0.1) is 5.41 Å². The van der Waals surface area contributed by atoms with Crippen LogP contribution in [0.25, 0.3) is 0 Å². The second kappa shape index (κ2) is 6.84. The first kappa shape index (κ1) is 16.6. The summed E-state index contributed by atoms with van der Waals surface area (Å²) in [5, 5.41) is 8.75. The lowest BCUT2D eigenvalue weighted by molar-refractivity contribution is -0.156. The summed E-state index contributed by atoms with van der Waals surface area (Å²) in [4.78, 5) is 16.1. The van der Waals surface area contributed by atoms with Gasteiger partial charge in [-0.25, -0.2) is 0 Å². The Kier molecular flexibility index (Phi) is 5.69. The summed E-state index contributed by atoms with van der Waals surface area (Å²) in [7, 11) is 0. The number of aromatic nitrogens is 1. The highest BCUT2D eigenvalue weighted by Gasteiger charge is 2.38. The number of esters is 1. The van der Waals surface area contributed by atoms with Crippen molar-refractivity contribution >= 4 is 5.97 Å². The Morgan fingerprint density at radius 3 is 2.40 bits per heavy atom. The number of aliphatic hydroxyl groups excluding tert-OH is 1. The van der Waals surface area contributed by atoms with E-state index in [2.05, 4.69) is 18.8 Å². The van der Waals surface area contributed by atoms with Gasteiger partial charge in [0.05, 0.1) is 12.0 Å². The van der Waals surface area contributed by atoms with Gasteiger partial charge >= 0.3 is 5.97 Å². The Morgan fingerprint density at radius 1 is 1.30 bits per heavy atom. The molecular weight excluding hydrogens is 254 g/mol. The molecule has 112 valence electrons. The SMILES string of the molecule is CCC(C)(CC(C)(C)C(=O)OCCO)c1ccncc1. The maximum Gasteiger partial charge on any atom is 0.311 e. The van der Waals surface area contributed by atoms with Crippen LogP contribution in [0.3, 0.4) is 0 Å². The molecule has 1 atom stereocenters. The standard InChI is InChI=1S/C16H25NO3/c1-5-16(4,13-6-8-17-9-7-13)12-15(2,3)14(19)20-11-10-18/h6-9,18H,5,10-12H2,1-4H3. The van der Waals surface area contributed by atoms with Gasteiger partial charge in [-0.2, -0.15) is 0 Å². The minimum Gasteiger partial charge on any atom is -0.463 e. The van der Waals surface area contributed by atoms with Crippen LogP contribution >= 0.6 is 0 Å². The molecule has 0 saturated heterocycles. The Balaban J connectivity index is 2.89. The van der Waals surface area contributed by atoms with E-state index >= 15 is 0 Å². The summed E-state index contributed by atoms with van der Waals surface area (Å²) < 4.78 is 5.08. The first-order valence-electron chi connectivity index (χ1n) is 7.04. The van der Waals surface area contributed by atoms with E-state index in [-0.39, 0.29) is 24.6 Å². The van der Waals surface area contributed by atoms with Crippen LogP contribution in [0.15, 0.2) is 24.5 Å². The van der Waals surface area contributed by atoms with Gasteiger partial charge in [0.1, 0.15) is 6.61 Å². The molecule has 0 aliphatic carbocycles. The Labute approximate surface area is 121 Å². The molecule has 0 amide bonds. The zero-order chi connectivity index (χ0) is 15.2. The summed E-state index contributed by atoms with van der Waals surface area (Å²) in [5.41, 5.74) is 0.478. The number of hydrogen-bond acceptors (Lipinski definition) is 4. The van der Waals surface area contributed by atoms with Crippen LogP contribution in [0.5, 0.6) is 0 Å². The Bertz CT molecular complexity index is 431. The van der Waals surface area contributed by atoms with Gasteiger partial charge in [-0.15, -0.1) is 0 Å². The van der Waals surface area contributed by atoms with Crippen molar-refractivity contribution in [1.82, 2.24) is 4.98 Å². The third-order valence-corrected chi connectivity index (χ3v) is 3.87. The lowest BCUT2D eigenvalue weighted by Crippen LogP contribution is -2.36. The third kappa shape index (κ3) is 4.04. The number of pyridine rings is 1. The zero-order valence-electron chi connectivity index (χ0n) is 12.8. The largest absolute Gasteiger partial charge is 0.463 e. The van der Waals surface area contributed by atoms with E-state index in [9.17, 15) is 4.79 Å². The Hall–Kier alpha value is -1.42. The van der Waals surface area contributed by atoms with Gasteiger partial charge in [-0.3, -0.25) is 9.78 Å². The number of nitrogens with zero attached hydrogens (tertiary/aromatic N) is 1. The van der Waals surface area contributed by atoms with Crippen molar-refractivity contribution in [3.63, 3.8) is 0 Å². The van der Waals surface area contributed by atoms with Crippen molar-refractivity contribution in [3.05, 3.63) is 30.1 Å². The summed E-state index contributed by atoms with van der Waals surface area (Å²) in [6.07, 6.45) is 5.17. The summed E-state index contributed by atoms with van der Waals surface area (Å²) in [6.45, 7) is 7.97. The molecule has 1 aromatic heterocycles. The lowest BCUT2D eigenvalue weighted by atomic mass is 9.69. The second-order valence-electron chi connectivity index (χ2n) is 6.07. The molecular formula is C16H25NO3. The van der Waals surface area contributed by atoms with Gasteiger partial charge < -0.3 is 9.84 Å². The van der Waals surface area contributed by atoms with Gasteiger partial charge in [-0.1, -0.05) is 13.8 Å². The van der Waals surface area contributed by atoms with Crippen LogP contribution in [0.4, 0.5) is 0 Å². The molecule has 1 aromatic rings. The molecule has 1 rings (SSSR count). The molecule has 20 heavy (non-hydrogen) atoms. The highest BCUT2D eigenvalue weighted by Crippen LogP contribution is 2.39. The van der Waals surface area contributed by atoms with Crippen molar-refractivity contribution in [2.45, 2.75) is 46.0 Å². The normalized spacial score (nSPS) is 14.7. The summed E-state index contributed by atoms with van der Waals surface area (Å²) in [6, 6.07) is 4.00. The molecule has 1 heterocycles. The van der Waals surface area contributed by atoms with E-state index in [1.54, 1.807) is 12.4 Å². The van der Waals surface area contributed by atoms with Gasteiger partial charge in [-0.05, 0) is 49.8 Å². The zero-order valence-corrected chi connectivity index (χ0v) is 12.8. The molecule has 0 spiro atoms. The molecule has 4 nitrogen and oxygen atoms in total. The smallest absolute Gasteiger partial charge is 0.311 e. The number of aliphatic hydroxyl groups is 1. The van der Waals surface area contributed by atoms with Crippen LogP contribution in [-0.4, -0.2) is 29.3 Å². The van der Waals surface area contributed by atoms with E-state index < -0.39 is 5.41 Å². The molecule has 4 heteroatoms. The van der Waals surface area contributed by atoms with Crippen molar-refractivity contribution < 1.29 is 14.6 Å². The highest BCUT2D eigenvalue weighted by atomic mass is 16.5. The molecule has 0 aliphatic heterocycles. The number of hydrogen-bond donors (Lipinski definition) is 1. The van der Waals surface area contributed by atoms with Gasteiger partial charge in [0.25, 0.3) is 0 Å². The van der Waals surface area contributed by atoms with Gasteiger partial charge in [0, 0.05) is 12.4 Å². The van der Waals surface area contributed by atoms with Crippen molar-refractivity contribution in [2.24, 2.45) is 5.41 Å². The quantitative estimate of drug-likeness (QED) is 0.780. The fraction of sp³-hybridized carbons (Fsp3) is 0.625. The molecule has 1 N–H and O–H groups in total. The third-order valence-electron chi connectivity index (χ3n) is 3.87. The predicted molar refractivity (Wildman–Crippen MR) is 78.3 cm³/mol. The van der Waals surface area contributed by atoms with Crippen molar-refractivity contribution in [1.29, 1.82) is 0 Å². The summed E-state index contributed by atoms with van der Waals surface area (Å²) in [5.74, 6) is -0.264. The maximum atomic E-state index is 12.1. The van der Waals surface area contributed by atoms with Crippen LogP contribution in [0.2, 0.25) is 0 Å². The fourth-order valence-electron chi connectivity index (χ4n) is 2.57. The van der Waals surface area contributed by atoms with Crippen LogP contribution in [-0.2, 0) is 14.9 Å². The second-order valence-corrected chi connectivity index (χ2v) is 6.07. The van der Waals surface area contributed by atoms with E-state index in [0.717, 1.165) is 6.42 Å². The first-order valence-corrected chi connectivity index (χ1v) is 7.04. The minimum atomic E-state index is -0.594. The monoisotopic (exact) mass is 279 g/mol. The molecule has 0 aromatic carbocycles. The summed E-state index contributed by atoms with van der Waals surface area (Å²) >= 11 is 0. The molecule has 0 saturated carbocycles. The predicted octanol–water partition coefficient (Wildman–Crippen LogP) is 2.70. The van der Waals surface area contributed by atoms with E-state index in [1.165, 1.54) is 5.56 Å². The van der Waals surface area contributed by atoms with Crippen molar-refractivity contribution in [2.75, 3.05) is 13.2 Å². The van der Waals surface area contributed by atoms with Crippen LogP contribution in [0.1, 0.15) is 46.1 Å². The van der Waals surface area contributed by atoms with Crippen LogP contribution < -0.4 is 0 Å². The first-order chi connectivity index (χ1) is 9.35. The van der Waals surface area contributed by atoms with Gasteiger partial charge in [0.15, 0.2) is 0 Å². The maximum absolute atomic E-state index is 12.1. The number of carbonyl (C=O) groups excluding carboxylic acids is 1. The lowest BCUT2D eigenvalue weighted by Gasteiger charge is -2.36. The average Bonchev–Trinajstić information content (AvgIpc) is 2.45. The topological polar surface area (TPSA) is 59.4 Å². The number of ether oxygens (including phenoxy) is 1. The number of carbonyl (C=O) groups is 1. The average molecular weight is 279 g/mol. The minimum absolute atomic E-state index is 0.0559. The molecule has 1 unspecified atom stereocenters. The molecule has 0 aliphatic rings. The van der Waals surface area contributed by atoms with Gasteiger partial charge in [0.2, 0.25) is 0 Å². The van der Waals surface area contributed by atoms with E-state index in [0.29, 0.717) is 6.42 Å². The van der Waals surface area contributed by atoms with Crippen molar-refractivity contribution in [3.8, 4) is 0 Å². The molecule has 0 radical (unpaired) electrons. The number of rotatable bonds is 7. The fourth-order valence-corrected chi connectivity index (χ4v) is 2.57. The van der Waals surface area contributed by atoms with E-state index in [4.69, 9.17) is 9.84 Å². The molecule has 0 bridgehead atoms.